The minimum atomic E-state index is 0.0703. The molecule has 0 spiro atoms. The predicted molar refractivity (Wildman–Crippen MR) is 78.6 cm³/mol. The van der Waals surface area contributed by atoms with Gasteiger partial charge in [-0.1, -0.05) is 20.8 Å². The van der Waals surface area contributed by atoms with Gasteiger partial charge in [0.1, 0.15) is 5.78 Å². The van der Waals surface area contributed by atoms with Crippen molar-refractivity contribution in [3.8, 4) is 0 Å². The Hall–Kier alpha value is -0.940. The Morgan fingerprint density at radius 2 is 1.55 bits per heavy atom. The van der Waals surface area contributed by atoms with Crippen molar-refractivity contribution < 1.29 is 19.1 Å². The van der Waals surface area contributed by atoms with Crippen LogP contribution in [0.1, 0.15) is 40.0 Å². The van der Waals surface area contributed by atoms with E-state index in [0.717, 1.165) is 13.0 Å². The number of amides is 1. The van der Waals surface area contributed by atoms with Gasteiger partial charge in [-0.05, 0) is 6.42 Å². The molecule has 0 aromatic heterocycles. The summed E-state index contributed by atoms with van der Waals surface area (Å²) in [5.41, 5.74) is 0. The van der Waals surface area contributed by atoms with Gasteiger partial charge in [-0.3, -0.25) is 9.59 Å². The van der Waals surface area contributed by atoms with E-state index >= 15 is 0 Å². The molecule has 0 aliphatic rings. The number of Topliss-reactive ketones (excluding diaryl/α,β-unsaturated/α-hetero) is 1. The zero-order valence-electron chi connectivity index (χ0n) is 13.3. The summed E-state index contributed by atoms with van der Waals surface area (Å²) in [6, 6.07) is 0. The molecule has 0 aliphatic heterocycles. The van der Waals surface area contributed by atoms with Gasteiger partial charge in [0, 0.05) is 25.9 Å². The van der Waals surface area contributed by atoms with Crippen LogP contribution in [0.3, 0.4) is 0 Å². The topological polar surface area (TPSA) is 55.8 Å². The number of ketones is 1. The fraction of sp³-hybridized carbons (Fsp3) is 0.867. The largest absolute Gasteiger partial charge is 0.379 e. The molecule has 0 fully saturated rings. The summed E-state index contributed by atoms with van der Waals surface area (Å²) in [6.45, 7) is 8.38. The molecule has 5 nitrogen and oxygen atoms in total. The van der Waals surface area contributed by atoms with Crippen molar-refractivity contribution in [3.63, 3.8) is 0 Å². The Kier molecular flexibility index (Phi) is 11.3. The first kappa shape index (κ1) is 19.1. The summed E-state index contributed by atoms with van der Waals surface area (Å²) >= 11 is 0. The van der Waals surface area contributed by atoms with Crippen molar-refractivity contribution in [1.29, 1.82) is 0 Å². The predicted octanol–water partition coefficient (Wildman–Crippen LogP) is 1.89. The highest BCUT2D eigenvalue weighted by Gasteiger charge is 2.07. The van der Waals surface area contributed by atoms with Crippen LogP contribution in [0.5, 0.6) is 0 Å². The molecule has 0 atom stereocenters. The lowest BCUT2D eigenvalue weighted by atomic mass is 10.1. The quantitative estimate of drug-likeness (QED) is 0.514. The van der Waals surface area contributed by atoms with E-state index in [-0.39, 0.29) is 17.6 Å². The average molecular weight is 287 g/mol. The first-order valence-electron chi connectivity index (χ1n) is 7.41. The average Bonchev–Trinajstić information content (AvgIpc) is 2.41. The first-order valence-corrected chi connectivity index (χ1v) is 7.41. The number of hydrogen-bond donors (Lipinski definition) is 0. The maximum absolute atomic E-state index is 11.6. The van der Waals surface area contributed by atoms with E-state index in [0.29, 0.717) is 39.3 Å². The van der Waals surface area contributed by atoms with Gasteiger partial charge in [-0.15, -0.1) is 0 Å². The summed E-state index contributed by atoms with van der Waals surface area (Å²) in [5.74, 6) is 0.395. The Labute approximate surface area is 122 Å². The van der Waals surface area contributed by atoms with Crippen molar-refractivity contribution in [2.45, 2.75) is 40.0 Å². The van der Waals surface area contributed by atoms with E-state index in [1.165, 1.54) is 0 Å². The number of hydrogen-bond acceptors (Lipinski definition) is 4. The van der Waals surface area contributed by atoms with Crippen LogP contribution in [0, 0.1) is 5.92 Å². The smallest absolute Gasteiger partial charge is 0.224 e. The molecule has 0 N–H and O–H groups in total. The zero-order valence-corrected chi connectivity index (χ0v) is 13.3. The zero-order chi connectivity index (χ0) is 15.4. The van der Waals surface area contributed by atoms with Gasteiger partial charge in [0.05, 0.1) is 32.8 Å². The highest BCUT2D eigenvalue weighted by atomic mass is 16.5. The number of ether oxygens (including phenoxy) is 2. The molecule has 0 rings (SSSR count). The Bertz CT molecular complexity index is 279. The molecule has 1 amide bonds. The Morgan fingerprint density at radius 1 is 1.00 bits per heavy atom. The summed E-state index contributed by atoms with van der Waals surface area (Å²) < 4.78 is 10.6. The van der Waals surface area contributed by atoms with Gasteiger partial charge < -0.3 is 14.4 Å². The molecule has 0 saturated heterocycles. The molecule has 0 bridgehead atoms. The standard InChI is InChI=1S/C15H29NO4/c1-5-8-16(4)15(18)7-10-20-12-11-19-9-6-14(17)13(2)3/h13H,5-12H2,1-4H3. The molecule has 0 aromatic carbocycles. The van der Waals surface area contributed by atoms with Crippen molar-refractivity contribution in [3.05, 3.63) is 0 Å². The SMILES string of the molecule is CCCN(C)C(=O)CCOCCOCCC(=O)C(C)C. The fourth-order valence-electron chi connectivity index (χ4n) is 1.59. The second kappa shape index (κ2) is 11.9. The number of carbonyl (C=O) groups excluding carboxylic acids is 2. The van der Waals surface area contributed by atoms with E-state index in [9.17, 15) is 9.59 Å². The molecule has 0 aromatic rings. The van der Waals surface area contributed by atoms with E-state index in [4.69, 9.17) is 9.47 Å². The molecule has 20 heavy (non-hydrogen) atoms. The van der Waals surface area contributed by atoms with E-state index in [2.05, 4.69) is 0 Å². The van der Waals surface area contributed by atoms with Gasteiger partial charge in [-0.25, -0.2) is 0 Å². The molecular weight excluding hydrogens is 258 g/mol. The minimum absolute atomic E-state index is 0.0703. The molecule has 5 heteroatoms. The van der Waals surface area contributed by atoms with Gasteiger partial charge in [0.2, 0.25) is 5.91 Å². The molecular formula is C15H29NO4. The summed E-state index contributed by atoms with van der Waals surface area (Å²) in [6.07, 6.45) is 1.83. The highest BCUT2D eigenvalue weighted by molar-refractivity contribution is 5.80. The molecule has 0 aliphatic carbocycles. The number of carbonyl (C=O) groups is 2. The van der Waals surface area contributed by atoms with Crippen molar-refractivity contribution in [2.24, 2.45) is 5.92 Å². The first-order chi connectivity index (χ1) is 9.49. The fourth-order valence-corrected chi connectivity index (χ4v) is 1.59. The van der Waals surface area contributed by atoms with Crippen LogP contribution >= 0.6 is 0 Å². The second-order valence-corrected chi connectivity index (χ2v) is 5.16. The number of nitrogens with zero attached hydrogens (tertiary/aromatic N) is 1. The molecule has 0 radical (unpaired) electrons. The van der Waals surface area contributed by atoms with E-state index in [1.807, 2.05) is 20.8 Å². The van der Waals surface area contributed by atoms with Gasteiger partial charge in [-0.2, -0.15) is 0 Å². The third-order valence-electron chi connectivity index (χ3n) is 2.95. The molecule has 0 heterocycles. The van der Waals surface area contributed by atoms with Gasteiger partial charge in [0.15, 0.2) is 0 Å². The third kappa shape index (κ3) is 9.92. The second-order valence-electron chi connectivity index (χ2n) is 5.16. The highest BCUT2D eigenvalue weighted by Crippen LogP contribution is 1.98. The minimum Gasteiger partial charge on any atom is -0.379 e. The van der Waals surface area contributed by atoms with Crippen LogP contribution in [0.4, 0.5) is 0 Å². The van der Waals surface area contributed by atoms with Gasteiger partial charge in [0.25, 0.3) is 0 Å². The van der Waals surface area contributed by atoms with Crippen LogP contribution in [0.25, 0.3) is 0 Å². The maximum atomic E-state index is 11.6. The molecule has 118 valence electrons. The van der Waals surface area contributed by atoms with Crippen molar-refractivity contribution in [1.82, 2.24) is 4.90 Å². The summed E-state index contributed by atoms with van der Waals surface area (Å²) in [7, 11) is 1.81. The lowest BCUT2D eigenvalue weighted by Gasteiger charge is -2.15. The monoisotopic (exact) mass is 287 g/mol. The van der Waals surface area contributed by atoms with Gasteiger partial charge >= 0.3 is 0 Å². The molecule has 0 unspecified atom stereocenters. The number of rotatable bonds is 12. The van der Waals surface area contributed by atoms with Crippen LogP contribution < -0.4 is 0 Å². The van der Waals surface area contributed by atoms with Crippen LogP contribution in [-0.4, -0.2) is 56.6 Å². The summed E-state index contributed by atoms with van der Waals surface area (Å²) in [5, 5.41) is 0. The summed E-state index contributed by atoms with van der Waals surface area (Å²) in [4.78, 5) is 24.6. The maximum Gasteiger partial charge on any atom is 0.224 e. The van der Waals surface area contributed by atoms with Crippen LogP contribution in [-0.2, 0) is 19.1 Å². The molecule has 0 saturated carbocycles. The third-order valence-corrected chi connectivity index (χ3v) is 2.95. The van der Waals surface area contributed by atoms with Crippen molar-refractivity contribution >= 4 is 11.7 Å². The Morgan fingerprint density at radius 3 is 2.05 bits per heavy atom. The lowest BCUT2D eigenvalue weighted by Crippen LogP contribution is -2.28. The van der Waals surface area contributed by atoms with Crippen LogP contribution in [0.15, 0.2) is 0 Å². The Balaban J connectivity index is 3.37. The van der Waals surface area contributed by atoms with Crippen LogP contribution in [0.2, 0.25) is 0 Å². The normalized spacial score (nSPS) is 10.8. The van der Waals surface area contributed by atoms with E-state index in [1.54, 1.807) is 11.9 Å². The van der Waals surface area contributed by atoms with E-state index < -0.39 is 0 Å². The van der Waals surface area contributed by atoms with Crippen molar-refractivity contribution in [2.75, 3.05) is 40.0 Å². The lowest BCUT2D eigenvalue weighted by molar-refractivity contribution is -0.131.